The normalized spacial score (nSPS) is 9.11. The highest BCUT2D eigenvalue weighted by molar-refractivity contribution is 7.83. The summed E-state index contributed by atoms with van der Waals surface area (Å²) in [6.45, 7) is 0. The van der Waals surface area contributed by atoms with E-state index in [2.05, 4.69) is 5.14 Å². The molecule has 0 bridgehead atoms. The SMILES string of the molecule is NS(=O)(=O)F.O=[N+]([O-])O. The first-order valence-corrected chi connectivity index (χ1v) is 2.74. The van der Waals surface area contributed by atoms with Crippen LogP contribution in [0.25, 0.3) is 0 Å². The van der Waals surface area contributed by atoms with Crippen LogP contribution >= 0.6 is 0 Å². The zero-order chi connectivity index (χ0) is 8.08. The van der Waals surface area contributed by atoms with Crippen LogP contribution in [0.4, 0.5) is 3.89 Å². The quantitative estimate of drug-likeness (QED) is 0.263. The van der Waals surface area contributed by atoms with Crippen molar-refractivity contribution < 1.29 is 22.6 Å². The van der Waals surface area contributed by atoms with Gasteiger partial charge in [-0.1, -0.05) is 3.89 Å². The van der Waals surface area contributed by atoms with E-state index in [0.717, 1.165) is 0 Å². The second-order valence-corrected chi connectivity index (χ2v) is 1.66. The molecule has 0 saturated carbocycles. The van der Waals surface area contributed by atoms with Crippen LogP contribution in [0.2, 0.25) is 0 Å². The average molecular weight is 162 g/mol. The summed E-state index contributed by atoms with van der Waals surface area (Å²) in [7, 11) is -4.67. The second kappa shape index (κ2) is 3.97. The highest BCUT2D eigenvalue weighted by atomic mass is 32.3. The molecule has 0 aliphatic carbocycles. The topological polar surface area (TPSA) is 124 Å². The summed E-state index contributed by atoms with van der Waals surface area (Å²) >= 11 is 0. The van der Waals surface area contributed by atoms with Gasteiger partial charge in [-0.2, -0.15) is 8.42 Å². The highest BCUT2D eigenvalue weighted by Gasteiger charge is 1.86. The van der Waals surface area contributed by atoms with Crippen LogP contribution in [0, 0.1) is 10.1 Å². The van der Waals surface area contributed by atoms with E-state index in [0.29, 0.717) is 0 Å². The maximum atomic E-state index is 10.4. The van der Waals surface area contributed by atoms with Crippen LogP contribution in [-0.4, -0.2) is 18.7 Å². The Balaban J connectivity index is 0. The first kappa shape index (κ1) is 10.9. The summed E-state index contributed by atoms with van der Waals surface area (Å²) in [5.41, 5.74) is 0. The monoisotopic (exact) mass is 162 g/mol. The third-order valence-corrected chi connectivity index (χ3v) is 0. The fourth-order valence-corrected chi connectivity index (χ4v) is 0. The van der Waals surface area contributed by atoms with E-state index in [-0.39, 0.29) is 0 Å². The van der Waals surface area contributed by atoms with E-state index in [1.807, 2.05) is 0 Å². The third kappa shape index (κ3) is 194. The van der Waals surface area contributed by atoms with Gasteiger partial charge in [0.1, 0.15) is 0 Å². The molecule has 0 aromatic heterocycles. The molecule has 0 heterocycles. The molecule has 0 fully saturated rings. The lowest BCUT2D eigenvalue weighted by Crippen LogP contribution is -2.01. The lowest BCUT2D eigenvalue weighted by Gasteiger charge is -1.64. The molecule has 0 aliphatic heterocycles. The Morgan fingerprint density at radius 3 is 1.67 bits per heavy atom. The largest absolute Gasteiger partial charge is 0.369 e. The van der Waals surface area contributed by atoms with Crippen molar-refractivity contribution in [3.05, 3.63) is 10.1 Å². The predicted octanol–water partition coefficient (Wildman–Crippen LogP) is -1.19. The Hall–Kier alpha value is -0.960. The van der Waals surface area contributed by atoms with E-state index in [1.165, 1.54) is 0 Å². The summed E-state index contributed by atoms with van der Waals surface area (Å²) in [5.74, 6) is 0. The van der Waals surface area contributed by atoms with Gasteiger partial charge >= 0.3 is 10.4 Å². The Labute approximate surface area is 49.3 Å². The lowest BCUT2D eigenvalue weighted by molar-refractivity contribution is -0.742. The van der Waals surface area contributed by atoms with Gasteiger partial charge in [0, 0.05) is 0 Å². The fourth-order valence-electron chi connectivity index (χ4n) is 0. The van der Waals surface area contributed by atoms with Crippen molar-refractivity contribution in [2.24, 2.45) is 5.14 Å². The zero-order valence-electron chi connectivity index (χ0n) is 3.89. The molecule has 0 spiro atoms. The molecule has 0 saturated heterocycles. The molecule has 0 aromatic rings. The molecule has 0 amide bonds. The highest BCUT2D eigenvalue weighted by Crippen LogP contribution is 1.67. The fraction of sp³-hybridized carbons (Fsp3) is 0. The first-order chi connectivity index (χ1) is 3.73. The smallest absolute Gasteiger partial charge is 0.328 e. The molecule has 9 heavy (non-hydrogen) atoms. The Kier molecular flexibility index (Phi) is 4.82. The van der Waals surface area contributed by atoms with Gasteiger partial charge in [0.05, 0.1) is 0 Å². The van der Waals surface area contributed by atoms with Gasteiger partial charge in [0.25, 0.3) is 5.09 Å². The van der Waals surface area contributed by atoms with Gasteiger partial charge in [-0.25, -0.2) is 5.14 Å². The van der Waals surface area contributed by atoms with E-state index in [4.69, 9.17) is 23.7 Å². The molecule has 0 aliphatic rings. The van der Waals surface area contributed by atoms with Gasteiger partial charge in [-0.3, -0.25) is 0 Å². The summed E-state index contributed by atoms with van der Waals surface area (Å²) < 4.78 is 27.9. The molecule has 0 atom stereocenters. The predicted molar refractivity (Wildman–Crippen MR) is 23.0 cm³/mol. The van der Waals surface area contributed by atoms with E-state index >= 15 is 0 Å². The van der Waals surface area contributed by atoms with Crippen LogP contribution in [0.5, 0.6) is 0 Å². The second-order valence-electron chi connectivity index (χ2n) is 0.713. The van der Waals surface area contributed by atoms with Crippen LogP contribution in [0.1, 0.15) is 0 Å². The molecule has 56 valence electrons. The number of rotatable bonds is 0. The molecule has 3 N–H and O–H groups in total. The molecule has 0 rings (SSSR count). The number of nitrogens with zero attached hydrogens (tertiary/aromatic N) is 1. The average Bonchev–Trinajstić information content (AvgIpc) is 1.19. The molecular formula is H3FN2O5S. The van der Waals surface area contributed by atoms with Crippen LogP contribution < -0.4 is 5.14 Å². The maximum Gasteiger partial charge on any atom is 0.369 e. The maximum absolute atomic E-state index is 10.4. The van der Waals surface area contributed by atoms with Crippen molar-refractivity contribution in [2.75, 3.05) is 0 Å². The van der Waals surface area contributed by atoms with Crippen LogP contribution in [-0.2, 0) is 10.4 Å². The van der Waals surface area contributed by atoms with Gasteiger partial charge in [0.15, 0.2) is 0 Å². The summed E-state index contributed by atoms with van der Waals surface area (Å²) in [4.78, 5) is 8.36. The van der Waals surface area contributed by atoms with Gasteiger partial charge in [0.2, 0.25) is 0 Å². The molecule has 0 aromatic carbocycles. The van der Waals surface area contributed by atoms with Crippen molar-refractivity contribution in [2.45, 2.75) is 0 Å². The number of hydrogen-bond acceptors (Lipinski definition) is 4. The summed E-state index contributed by atoms with van der Waals surface area (Å²) in [6, 6.07) is 0. The summed E-state index contributed by atoms with van der Waals surface area (Å²) in [5, 5.41) is 17.3. The van der Waals surface area contributed by atoms with Crippen molar-refractivity contribution in [3.8, 4) is 0 Å². The zero-order valence-corrected chi connectivity index (χ0v) is 4.71. The van der Waals surface area contributed by atoms with E-state index < -0.39 is 15.5 Å². The van der Waals surface area contributed by atoms with Crippen LogP contribution in [0.3, 0.4) is 0 Å². The van der Waals surface area contributed by atoms with Crippen molar-refractivity contribution in [3.63, 3.8) is 0 Å². The van der Waals surface area contributed by atoms with E-state index in [9.17, 15) is 3.89 Å². The number of halogens is 1. The van der Waals surface area contributed by atoms with Gasteiger partial charge < -0.3 is 5.21 Å². The minimum absolute atomic E-state index is 1.50. The number of hydrogen-bond donors (Lipinski definition) is 2. The molecule has 9 heteroatoms. The van der Waals surface area contributed by atoms with Gasteiger partial charge in [-0.05, 0) is 0 Å². The van der Waals surface area contributed by atoms with Gasteiger partial charge in [-0.15, -0.1) is 10.1 Å². The molecule has 7 nitrogen and oxygen atoms in total. The Bertz CT molecular complexity index is 157. The van der Waals surface area contributed by atoms with Crippen LogP contribution in [0.15, 0.2) is 0 Å². The third-order valence-electron chi connectivity index (χ3n) is 0. The molecule has 0 radical (unpaired) electrons. The first-order valence-electron chi connectivity index (χ1n) is 1.29. The molecular weight excluding hydrogens is 159 g/mol. The standard InChI is InChI=1S/FH2NO2S.HNO3/c1-5(2,3)4;2-1(3)4/h(H2,2,3,4);(H,2,3,4). The van der Waals surface area contributed by atoms with Crippen molar-refractivity contribution in [1.29, 1.82) is 0 Å². The van der Waals surface area contributed by atoms with Crippen molar-refractivity contribution in [1.82, 2.24) is 0 Å². The Morgan fingerprint density at radius 1 is 1.67 bits per heavy atom. The van der Waals surface area contributed by atoms with Crippen molar-refractivity contribution >= 4 is 10.4 Å². The van der Waals surface area contributed by atoms with E-state index in [1.54, 1.807) is 0 Å². The molecule has 0 unspecified atom stereocenters. The summed E-state index contributed by atoms with van der Waals surface area (Å²) in [6.07, 6.45) is 0. The lowest BCUT2D eigenvalue weighted by atomic mass is 13.1. The number of nitrogens with two attached hydrogens (primary N) is 1. The minimum atomic E-state index is -4.67. The Morgan fingerprint density at radius 2 is 1.67 bits per heavy atom. The minimum Gasteiger partial charge on any atom is -0.328 e.